The second kappa shape index (κ2) is 7.32. The first-order chi connectivity index (χ1) is 7.06. The van der Waals surface area contributed by atoms with Crippen LogP contribution in [0.15, 0.2) is 0 Å². The largest absolute Gasteiger partial charge is 0.517 e. The molecule has 2 atom stereocenters. The highest BCUT2D eigenvalue weighted by atomic mass is 28.4. The van der Waals surface area contributed by atoms with E-state index in [1.54, 1.807) is 21.3 Å². The molecule has 0 bridgehead atoms. The highest BCUT2D eigenvalue weighted by molar-refractivity contribution is 6.62. The Balaban J connectivity index is 4.31. The average Bonchev–Trinajstić information content (AvgIpc) is 2.21. The Morgan fingerprint density at radius 1 is 1.13 bits per heavy atom. The minimum absolute atomic E-state index is 0.195. The summed E-state index contributed by atoms with van der Waals surface area (Å²) in [5, 5.41) is 0. The summed E-state index contributed by atoms with van der Waals surface area (Å²) in [6.07, 6.45) is 1.76. The van der Waals surface area contributed by atoms with Gasteiger partial charge in [-0.25, -0.2) is 0 Å². The van der Waals surface area contributed by atoms with Crippen LogP contribution >= 0.6 is 0 Å². The third kappa shape index (κ3) is 4.18. The van der Waals surface area contributed by atoms with Gasteiger partial charge in [-0.1, -0.05) is 6.92 Å². The molecule has 0 aliphatic rings. The molecule has 0 aromatic carbocycles. The standard InChI is InChI=1S/C9H24N2O3Si/c1-8(5-6-10)7-9(11)15(12-2,13-3)14-4/h8-9H,5-7,10-11H2,1-4H3. The molecule has 0 heterocycles. The van der Waals surface area contributed by atoms with Gasteiger partial charge in [-0.05, 0) is 25.3 Å². The van der Waals surface area contributed by atoms with Gasteiger partial charge in [-0.2, -0.15) is 0 Å². The summed E-state index contributed by atoms with van der Waals surface area (Å²) in [4.78, 5) is 0. The molecule has 0 spiro atoms. The van der Waals surface area contributed by atoms with Crippen LogP contribution in [0.2, 0.25) is 0 Å². The van der Waals surface area contributed by atoms with Crippen LogP contribution in [0.5, 0.6) is 0 Å². The van der Waals surface area contributed by atoms with Crippen LogP contribution in [0.4, 0.5) is 0 Å². The zero-order valence-corrected chi connectivity index (χ0v) is 11.2. The van der Waals surface area contributed by atoms with Gasteiger partial charge in [0.1, 0.15) is 0 Å². The normalized spacial score (nSPS) is 16.4. The summed E-state index contributed by atoms with van der Waals surface area (Å²) < 4.78 is 15.9. The maximum absolute atomic E-state index is 6.06. The zero-order chi connectivity index (χ0) is 11.9. The van der Waals surface area contributed by atoms with Crippen molar-refractivity contribution in [2.75, 3.05) is 27.9 Å². The molecular weight excluding hydrogens is 212 g/mol. The topological polar surface area (TPSA) is 79.7 Å². The second-order valence-corrected chi connectivity index (χ2v) is 6.91. The molecule has 0 radical (unpaired) electrons. The van der Waals surface area contributed by atoms with Crippen LogP contribution in [-0.4, -0.2) is 42.3 Å². The highest BCUT2D eigenvalue weighted by Gasteiger charge is 2.45. The first kappa shape index (κ1) is 15.0. The molecule has 0 saturated carbocycles. The van der Waals surface area contributed by atoms with Crippen molar-refractivity contribution in [3.8, 4) is 0 Å². The summed E-state index contributed by atoms with van der Waals surface area (Å²) in [5.74, 6) is 0.456. The zero-order valence-electron chi connectivity index (χ0n) is 10.2. The quantitative estimate of drug-likeness (QED) is 0.585. The molecule has 2 unspecified atom stereocenters. The third-order valence-electron chi connectivity index (χ3n) is 2.62. The molecule has 0 fully saturated rings. The van der Waals surface area contributed by atoms with Crippen LogP contribution in [0, 0.1) is 5.92 Å². The van der Waals surface area contributed by atoms with Crippen LogP contribution < -0.4 is 11.5 Å². The van der Waals surface area contributed by atoms with Gasteiger partial charge in [0.25, 0.3) is 0 Å². The van der Waals surface area contributed by atoms with Crippen molar-refractivity contribution in [1.82, 2.24) is 0 Å². The molecule has 5 nitrogen and oxygen atoms in total. The summed E-state index contributed by atoms with van der Waals surface area (Å²) in [6, 6.07) is 0. The van der Waals surface area contributed by atoms with E-state index in [9.17, 15) is 0 Å². The van der Waals surface area contributed by atoms with Gasteiger partial charge in [0.15, 0.2) is 0 Å². The van der Waals surface area contributed by atoms with Gasteiger partial charge < -0.3 is 24.7 Å². The van der Waals surface area contributed by atoms with Crippen LogP contribution in [-0.2, 0) is 13.3 Å². The molecule has 0 aliphatic heterocycles. The Bertz CT molecular complexity index is 159. The molecule has 6 heteroatoms. The van der Waals surface area contributed by atoms with Crippen LogP contribution in [0.25, 0.3) is 0 Å². The lowest BCUT2D eigenvalue weighted by atomic mass is 10.0. The molecule has 0 aliphatic carbocycles. The van der Waals surface area contributed by atoms with Gasteiger partial charge >= 0.3 is 8.80 Å². The maximum atomic E-state index is 6.06. The van der Waals surface area contributed by atoms with Gasteiger partial charge in [-0.3, -0.25) is 0 Å². The Morgan fingerprint density at radius 3 is 1.93 bits per heavy atom. The molecule has 0 aromatic rings. The van der Waals surface area contributed by atoms with E-state index in [-0.39, 0.29) is 5.67 Å². The predicted octanol–water partition coefficient (Wildman–Crippen LogP) is 0.106. The van der Waals surface area contributed by atoms with E-state index in [0.29, 0.717) is 12.5 Å². The second-order valence-electron chi connectivity index (χ2n) is 3.74. The summed E-state index contributed by atoms with van der Waals surface area (Å²) in [7, 11) is 2.05. The third-order valence-corrected chi connectivity index (χ3v) is 5.47. The van der Waals surface area contributed by atoms with Crippen molar-refractivity contribution in [3.05, 3.63) is 0 Å². The maximum Gasteiger partial charge on any atom is 0.517 e. The lowest BCUT2D eigenvalue weighted by molar-refractivity contribution is 0.109. The molecule has 0 rings (SSSR count). The predicted molar refractivity (Wildman–Crippen MR) is 62.2 cm³/mol. The van der Waals surface area contributed by atoms with Gasteiger partial charge in [0.05, 0.1) is 5.67 Å². The van der Waals surface area contributed by atoms with E-state index >= 15 is 0 Å². The van der Waals surface area contributed by atoms with E-state index in [1.807, 2.05) is 0 Å². The smallest absolute Gasteiger partial charge is 0.376 e. The first-order valence-electron chi connectivity index (χ1n) is 5.17. The van der Waals surface area contributed by atoms with Gasteiger partial charge in [-0.15, -0.1) is 0 Å². The number of hydrogen-bond donors (Lipinski definition) is 2. The van der Waals surface area contributed by atoms with Crippen molar-refractivity contribution >= 4 is 8.80 Å². The fourth-order valence-electron chi connectivity index (χ4n) is 1.68. The fourth-order valence-corrected chi connectivity index (χ4v) is 3.78. The van der Waals surface area contributed by atoms with E-state index in [4.69, 9.17) is 24.7 Å². The number of rotatable bonds is 8. The van der Waals surface area contributed by atoms with Crippen molar-refractivity contribution < 1.29 is 13.3 Å². The summed E-state index contributed by atoms with van der Waals surface area (Å²) in [5.41, 5.74) is 11.4. The molecule has 0 amide bonds. The molecule has 4 N–H and O–H groups in total. The van der Waals surface area contributed by atoms with Gasteiger partial charge in [0.2, 0.25) is 0 Å². The lowest BCUT2D eigenvalue weighted by Gasteiger charge is -2.31. The Hall–Kier alpha value is 0.0169. The monoisotopic (exact) mass is 236 g/mol. The minimum atomic E-state index is -2.68. The van der Waals surface area contributed by atoms with E-state index < -0.39 is 8.80 Å². The minimum Gasteiger partial charge on any atom is -0.376 e. The highest BCUT2D eigenvalue weighted by Crippen LogP contribution is 2.18. The van der Waals surface area contributed by atoms with E-state index in [1.165, 1.54) is 0 Å². The van der Waals surface area contributed by atoms with E-state index in [2.05, 4.69) is 6.92 Å². The average molecular weight is 236 g/mol. The van der Waals surface area contributed by atoms with Crippen molar-refractivity contribution in [2.45, 2.75) is 25.4 Å². The number of nitrogens with two attached hydrogens (primary N) is 2. The SMILES string of the molecule is CO[Si](OC)(OC)C(N)CC(C)CCN. The lowest BCUT2D eigenvalue weighted by Crippen LogP contribution is -2.59. The Morgan fingerprint density at radius 2 is 1.60 bits per heavy atom. The fraction of sp³-hybridized carbons (Fsp3) is 1.00. The number of hydrogen-bond acceptors (Lipinski definition) is 5. The molecule has 0 saturated heterocycles. The van der Waals surface area contributed by atoms with E-state index in [0.717, 1.165) is 12.8 Å². The molecule has 15 heavy (non-hydrogen) atoms. The summed E-state index contributed by atoms with van der Waals surface area (Å²) in [6.45, 7) is 2.79. The van der Waals surface area contributed by atoms with Crippen molar-refractivity contribution in [2.24, 2.45) is 17.4 Å². The first-order valence-corrected chi connectivity index (χ1v) is 6.97. The Labute approximate surface area is 93.4 Å². The Kier molecular flexibility index (Phi) is 7.32. The van der Waals surface area contributed by atoms with Crippen LogP contribution in [0.3, 0.4) is 0 Å². The van der Waals surface area contributed by atoms with Crippen molar-refractivity contribution in [3.63, 3.8) is 0 Å². The van der Waals surface area contributed by atoms with Crippen molar-refractivity contribution in [1.29, 1.82) is 0 Å². The molecule has 92 valence electrons. The molecule has 0 aromatic heterocycles. The van der Waals surface area contributed by atoms with Gasteiger partial charge in [0, 0.05) is 21.3 Å². The molecular formula is C9H24N2O3Si. The van der Waals surface area contributed by atoms with Crippen LogP contribution in [0.1, 0.15) is 19.8 Å². The summed E-state index contributed by atoms with van der Waals surface area (Å²) >= 11 is 0.